The quantitative estimate of drug-likeness (QED) is 0.240. The zero-order valence-corrected chi connectivity index (χ0v) is 21.0. The lowest BCUT2D eigenvalue weighted by molar-refractivity contribution is 1.28. The van der Waals surface area contributed by atoms with Crippen LogP contribution in [0.2, 0.25) is 0 Å². The van der Waals surface area contributed by atoms with Gasteiger partial charge in [0.25, 0.3) is 0 Å². The predicted molar refractivity (Wildman–Crippen MR) is 162 cm³/mol. The predicted octanol–water partition coefficient (Wildman–Crippen LogP) is 10.2. The molecule has 182 valence electrons. The fourth-order valence-electron chi connectivity index (χ4n) is 4.83. The monoisotopic (exact) mass is 488 g/mol. The van der Waals surface area contributed by atoms with E-state index in [1.165, 1.54) is 16.7 Å². The highest BCUT2D eigenvalue weighted by Gasteiger charge is 2.18. The van der Waals surface area contributed by atoms with Crippen LogP contribution in [0.1, 0.15) is 0 Å². The molecule has 0 saturated heterocycles. The summed E-state index contributed by atoms with van der Waals surface area (Å²) >= 11 is 0. The van der Waals surface area contributed by atoms with Crippen LogP contribution in [0.15, 0.2) is 164 Å². The van der Waals surface area contributed by atoms with Crippen LogP contribution in [0.4, 0.5) is 28.4 Å². The normalized spacial score (nSPS) is 10.6. The van der Waals surface area contributed by atoms with Crippen molar-refractivity contribution in [1.29, 1.82) is 0 Å². The molecule has 0 saturated carbocycles. The maximum Gasteiger partial charge on any atom is 0.0540 e. The maximum atomic E-state index is 3.63. The molecule has 6 aromatic rings. The Labute approximate surface area is 224 Å². The Morgan fingerprint density at radius 3 is 1.61 bits per heavy atom. The Kier molecular flexibility index (Phi) is 6.69. The summed E-state index contributed by atoms with van der Waals surface area (Å²) in [5.74, 6) is 0. The van der Waals surface area contributed by atoms with E-state index in [2.05, 4.69) is 168 Å². The van der Waals surface area contributed by atoms with E-state index in [9.17, 15) is 0 Å². The minimum atomic E-state index is 1.03. The van der Waals surface area contributed by atoms with Gasteiger partial charge in [-0.25, -0.2) is 0 Å². The van der Waals surface area contributed by atoms with Gasteiger partial charge in [-0.1, -0.05) is 115 Å². The van der Waals surface area contributed by atoms with Gasteiger partial charge in [-0.2, -0.15) is 0 Å². The Balaban J connectivity index is 1.57. The molecule has 0 unspecified atom stereocenters. The van der Waals surface area contributed by atoms with Crippen LogP contribution in [0, 0.1) is 0 Å². The number of hydrogen-bond donors (Lipinski definition) is 1. The summed E-state index contributed by atoms with van der Waals surface area (Å²) in [5, 5.41) is 3.63. The second-order valence-corrected chi connectivity index (χ2v) is 9.18. The van der Waals surface area contributed by atoms with Crippen LogP contribution in [0.3, 0.4) is 0 Å². The maximum absolute atomic E-state index is 3.63. The molecule has 0 bridgehead atoms. The van der Waals surface area contributed by atoms with Crippen LogP contribution in [-0.4, -0.2) is 0 Å². The highest BCUT2D eigenvalue weighted by atomic mass is 15.1. The van der Waals surface area contributed by atoms with Crippen molar-refractivity contribution in [1.82, 2.24) is 0 Å². The molecule has 2 nitrogen and oxygen atoms in total. The lowest BCUT2D eigenvalue weighted by Crippen LogP contribution is -2.11. The first-order chi connectivity index (χ1) is 18.8. The third-order valence-electron chi connectivity index (χ3n) is 6.59. The number of rotatable bonds is 7. The van der Waals surface area contributed by atoms with Gasteiger partial charge in [0.1, 0.15) is 0 Å². The van der Waals surface area contributed by atoms with E-state index in [-0.39, 0.29) is 0 Å². The third-order valence-corrected chi connectivity index (χ3v) is 6.59. The van der Waals surface area contributed by atoms with Gasteiger partial charge in [0.2, 0.25) is 0 Å². The largest absolute Gasteiger partial charge is 0.355 e. The summed E-state index contributed by atoms with van der Waals surface area (Å²) in [7, 11) is 0. The molecule has 0 atom stereocenters. The van der Waals surface area contributed by atoms with Crippen molar-refractivity contribution < 1.29 is 0 Å². The van der Waals surface area contributed by atoms with E-state index in [1.54, 1.807) is 0 Å². The number of para-hydroxylation sites is 3. The van der Waals surface area contributed by atoms with Crippen molar-refractivity contribution in [3.8, 4) is 22.3 Å². The van der Waals surface area contributed by atoms with Gasteiger partial charge in [-0.15, -0.1) is 0 Å². The number of nitrogens with zero attached hydrogens (tertiary/aromatic N) is 1. The fraction of sp³-hybridized carbons (Fsp3) is 0. The van der Waals surface area contributed by atoms with Crippen molar-refractivity contribution in [3.05, 3.63) is 164 Å². The van der Waals surface area contributed by atoms with Crippen molar-refractivity contribution in [3.63, 3.8) is 0 Å². The van der Waals surface area contributed by atoms with E-state index in [0.29, 0.717) is 0 Å². The third kappa shape index (κ3) is 5.07. The first-order valence-corrected chi connectivity index (χ1v) is 12.9. The van der Waals surface area contributed by atoms with Crippen molar-refractivity contribution in [2.45, 2.75) is 0 Å². The molecule has 0 fully saturated rings. The smallest absolute Gasteiger partial charge is 0.0540 e. The molecule has 2 heteroatoms. The van der Waals surface area contributed by atoms with Crippen LogP contribution >= 0.6 is 0 Å². The second kappa shape index (κ2) is 10.9. The molecule has 0 aliphatic heterocycles. The van der Waals surface area contributed by atoms with Gasteiger partial charge < -0.3 is 10.2 Å². The van der Waals surface area contributed by atoms with Gasteiger partial charge >= 0.3 is 0 Å². The molecule has 1 N–H and O–H groups in total. The van der Waals surface area contributed by atoms with Gasteiger partial charge in [-0.3, -0.25) is 0 Å². The molecule has 0 aromatic heterocycles. The van der Waals surface area contributed by atoms with E-state index in [1.807, 2.05) is 6.07 Å². The fourth-order valence-corrected chi connectivity index (χ4v) is 4.83. The van der Waals surface area contributed by atoms with Gasteiger partial charge in [0, 0.05) is 28.3 Å². The van der Waals surface area contributed by atoms with E-state index in [4.69, 9.17) is 0 Å². The lowest BCUT2D eigenvalue weighted by Gasteiger charge is -2.29. The van der Waals surface area contributed by atoms with Gasteiger partial charge in [0.15, 0.2) is 0 Å². The van der Waals surface area contributed by atoms with Crippen molar-refractivity contribution >= 4 is 28.4 Å². The minimum absolute atomic E-state index is 1.03. The molecule has 0 amide bonds. The standard InChI is InChI=1S/C36H28N2/c1-5-15-28(16-6-1)30-25-32(37-31-19-9-3-10-20-31)27-34(26-30)38(33-21-11-4-12-22-33)36-24-14-13-23-35(36)29-17-7-2-8-18-29/h1-27,37H. The molecular formula is C36H28N2. The van der Waals surface area contributed by atoms with E-state index >= 15 is 0 Å². The van der Waals surface area contributed by atoms with Gasteiger partial charge in [-0.05, 0) is 65.2 Å². The molecule has 0 heterocycles. The molecule has 6 rings (SSSR count). The van der Waals surface area contributed by atoms with Gasteiger partial charge in [0.05, 0.1) is 5.69 Å². The summed E-state index contributed by atoms with van der Waals surface area (Å²) in [5.41, 5.74) is 10.1. The van der Waals surface area contributed by atoms with E-state index in [0.717, 1.165) is 34.0 Å². The van der Waals surface area contributed by atoms with Crippen molar-refractivity contribution in [2.75, 3.05) is 10.2 Å². The molecule has 0 aliphatic rings. The number of hydrogen-bond acceptors (Lipinski definition) is 2. The van der Waals surface area contributed by atoms with Crippen LogP contribution in [0.5, 0.6) is 0 Å². The highest BCUT2D eigenvalue weighted by Crippen LogP contribution is 2.43. The zero-order chi connectivity index (χ0) is 25.6. The number of benzene rings is 6. The topological polar surface area (TPSA) is 15.3 Å². The Morgan fingerprint density at radius 2 is 0.921 bits per heavy atom. The molecule has 0 aliphatic carbocycles. The first-order valence-electron chi connectivity index (χ1n) is 12.9. The molecular weight excluding hydrogens is 460 g/mol. The minimum Gasteiger partial charge on any atom is -0.355 e. The number of nitrogens with one attached hydrogen (secondary N) is 1. The summed E-state index contributed by atoms with van der Waals surface area (Å²) in [6.45, 7) is 0. The van der Waals surface area contributed by atoms with Crippen molar-refractivity contribution in [2.24, 2.45) is 0 Å². The molecule has 6 aromatic carbocycles. The second-order valence-electron chi connectivity index (χ2n) is 9.18. The Morgan fingerprint density at radius 1 is 0.368 bits per heavy atom. The summed E-state index contributed by atoms with van der Waals surface area (Å²) in [4.78, 5) is 2.35. The van der Waals surface area contributed by atoms with Crippen LogP contribution in [0.25, 0.3) is 22.3 Å². The van der Waals surface area contributed by atoms with Crippen LogP contribution < -0.4 is 10.2 Å². The lowest BCUT2D eigenvalue weighted by atomic mass is 10.00. The SMILES string of the molecule is c1ccc(Nc2cc(-c3ccccc3)cc(N(c3ccccc3)c3ccccc3-c3ccccc3)c2)cc1. The zero-order valence-electron chi connectivity index (χ0n) is 21.0. The van der Waals surface area contributed by atoms with Crippen LogP contribution in [-0.2, 0) is 0 Å². The Bertz CT molecular complexity index is 1610. The average Bonchev–Trinajstić information content (AvgIpc) is 2.99. The molecule has 0 radical (unpaired) electrons. The number of anilines is 5. The highest BCUT2D eigenvalue weighted by molar-refractivity contribution is 5.90. The molecule has 0 spiro atoms. The molecule has 38 heavy (non-hydrogen) atoms. The summed E-state index contributed by atoms with van der Waals surface area (Å²) < 4.78 is 0. The Hall–Kier alpha value is -5.08. The first kappa shape index (κ1) is 23.3. The van der Waals surface area contributed by atoms with E-state index < -0.39 is 0 Å². The average molecular weight is 489 g/mol. The summed E-state index contributed by atoms with van der Waals surface area (Å²) in [6, 6.07) is 57.4. The summed E-state index contributed by atoms with van der Waals surface area (Å²) in [6.07, 6.45) is 0.